The quantitative estimate of drug-likeness (QED) is 0.582. The summed E-state index contributed by atoms with van der Waals surface area (Å²) in [7, 11) is 0. The summed E-state index contributed by atoms with van der Waals surface area (Å²) < 4.78 is 0. The third-order valence-electron chi connectivity index (χ3n) is 2.51. The number of rotatable bonds is 2. The van der Waals surface area contributed by atoms with Gasteiger partial charge in [0.25, 0.3) is 0 Å². The lowest BCUT2D eigenvalue weighted by Gasteiger charge is -2.20. The molecule has 1 aliphatic carbocycles. The van der Waals surface area contributed by atoms with E-state index in [9.17, 15) is 0 Å². The van der Waals surface area contributed by atoms with Crippen molar-refractivity contribution in [2.24, 2.45) is 11.1 Å². The first-order chi connectivity index (χ1) is 4.66. The predicted octanol–water partition coefficient (Wildman–Crippen LogP) is 2.08. The monoisotopic (exact) mass is 139 g/mol. The summed E-state index contributed by atoms with van der Waals surface area (Å²) in [6.07, 6.45) is 6.79. The van der Waals surface area contributed by atoms with Crippen LogP contribution < -0.4 is 5.73 Å². The number of hydrogen-bond acceptors (Lipinski definition) is 1. The van der Waals surface area contributed by atoms with Crippen LogP contribution in [0.1, 0.15) is 32.6 Å². The third-order valence-corrected chi connectivity index (χ3v) is 2.51. The van der Waals surface area contributed by atoms with Gasteiger partial charge in [0.15, 0.2) is 0 Å². The van der Waals surface area contributed by atoms with E-state index in [1.165, 1.54) is 19.3 Å². The molecule has 1 rings (SSSR count). The standard InChI is InChI=1S/C9H17N/c1-3-5-9(2)6-4-8(10)7-9/h3,8H,1,4-7,10H2,2H3. The van der Waals surface area contributed by atoms with Crippen LogP contribution in [0.4, 0.5) is 0 Å². The molecule has 1 heteroatoms. The van der Waals surface area contributed by atoms with Crippen molar-refractivity contribution in [3.63, 3.8) is 0 Å². The molecule has 1 fully saturated rings. The first-order valence-corrected chi connectivity index (χ1v) is 4.03. The van der Waals surface area contributed by atoms with Crippen molar-refractivity contribution in [1.82, 2.24) is 0 Å². The van der Waals surface area contributed by atoms with Gasteiger partial charge in [-0.1, -0.05) is 13.0 Å². The second-order valence-electron chi connectivity index (χ2n) is 3.81. The average molecular weight is 139 g/mol. The Balaban J connectivity index is 2.45. The van der Waals surface area contributed by atoms with Crippen LogP contribution in [0.5, 0.6) is 0 Å². The Hall–Kier alpha value is -0.300. The van der Waals surface area contributed by atoms with Gasteiger partial charge in [-0.15, -0.1) is 6.58 Å². The van der Waals surface area contributed by atoms with Crippen molar-refractivity contribution in [1.29, 1.82) is 0 Å². The maximum Gasteiger partial charge on any atom is 0.00443 e. The van der Waals surface area contributed by atoms with Crippen molar-refractivity contribution in [2.45, 2.75) is 38.6 Å². The molecule has 0 aliphatic heterocycles. The Morgan fingerprint density at radius 2 is 2.50 bits per heavy atom. The maximum atomic E-state index is 5.81. The van der Waals surface area contributed by atoms with E-state index in [1.807, 2.05) is 6.08 Å². The van der Waals surface area contributed by atoms with E-state index in [0.717, 1.165) is 6.42 Å². The van der Waals surface area contributed by atoms with Crippen molar-refractivity contribution in [3.8, 4) is 0 Å². The zero-order valence-electron chi connectivity index (χ0n) is 6.77. The van der Waals surface area contributed by atoms with E-state index in [2.05, 4.69) is 13.5 Å². The van der Waals surface area contributed by atoms with Crippen LogP contribution in [0.2, 0.25) is 0 Å². The molecule has 58 valence electrons. The predicted molar refractivity (Wildman–Crippen MR) is 44.7 cm³/mol. The molecule has 0 radical (unpaired) electrons. The summed E-state index contributed by atoms with van der Waals surface area (Å²) in [5, 5.41) is 0. The van der Waals surface area contributed by atoms with Gasteiger partial charge in [-0.25, -0.2) is 0 Å². The van der Waals surface area contributed by atoms with Crippen molar-refractivity contribution >= 4 is 0 Å². The Morgan fingerprint density at radius 1 is 1.80 bits per heavy atom. The first-order valence-electron chi connectivity index (χ1n) is 4.03. The summed E-state index contributed by atoms with van der Waals surface area (Å²) in [6, 6.07) is 0.449. The zero-order chi connectivity index (χ0) is 7.61. The lowest BCUT2D eigenvalue weighted by molar-refractivity contribution is 0.337. The molecule has 0 aromatic carbocycles. The maximum absolute atomic E-state index is 5.81. The van der Waals surface area contributed by atoms with E-state index < -0.39 is 0 Å². The van der Waals surface area contributed by atoms with E-state index >= 15 is 0 Å². The summed E-state index contributed by atoms with van der Waals surface area (Å²) >= 11 is 0. The number of hydrogen-bond donors (Lipinski definition) is 1. The molecule has 1 saturated carbocycles. The third kappa shape index (κ3) is 1.60. The lowest BCUT2D eigenvalue weighted by atomic mass is 9.85. The summed E-state index contributed by atoms with van der Waals surface area (Å²) in [6.45, 7) is 6.06. The van der Waals surface area contributed by atoms with Crippen molar-refractivity contribution < 1.29 is 0 Å². The topological polar surface area (TPSA) is 26.0 Å². The molecule has 0 aromatic rings. The van der Waals surface area contributed by atoms with Crippen LogP contribution in [0.25, 0.3) is 0 Å². The van der Waals surface area contributed by atoms with Crippen LogP contribution in [0.15, 0.2) is 12.7 Å². The summed E-state index contributed by atoms with van der Waals surface area (Å²) in [4.78, 5) is 0. The molecular weight excluding hydrogens is 122 g/mol. The van der Waals surface area contributed by atoms with E-state index in [-0.39, 0.29) is 0 Å². The lowest BCUT2D eigenvalue weighted by Crippen LogP contribution is -2.18. The van der Waals surface area contributed by atoms with Gasteiger partial charge in [0.05, 0.1) is 0 Å². The fraction of sp³-hybridized carbons (Fsp3) is 0.778. The SMILES string of the molecule is C=CCC1(C)CCC(N)C1. The highest BCUT2D eigenvalue weighted by Crippen LogP contribution is 2.39. The number of nitrogens with two attached hydrogens (primary N) is 1. The highest BCUT2D eigenvalue weighted by Gasteiger charge is 2.31. The molecule has 1 aliphatic rings. The number of allylic oxidation sites excluding steroid dienone is 1. The normalized spacial score (nSPS) is 40.0. The van der Waals surface area contributed by atoms with Gasteiger partial charge in [-0.05, 0) is 31.1 Å². The van der Waals surface area contributed by atoms with E-state index in [0.29, 0.717) is 11.5 Å². The molecule has 2 N–H and O–H groups in total. The fourth-order valence-electron chi connectivity index (χ4n) is 1.90. The van der Waals surface area contributed by atoms with Crippen LogP contribution in [0.3, 0.4) is 0 Å². The molecule has 1 nitrogen and oxygen atoms in total. The summed E-state index contributed by atoms with van der Waals surface area (Å²) in [5.74, 6) is 0. The van der Waals surface area contributed by atoms with Gasteiger partial charge in [0.1, 0.15) is 0 Å². The van der Waals surface area contributed by atoms with Crippen LogP contribution in [-0.2, 0) is 0 Å². The molecular formula is C9H17N. The molecule has 0 heterocycles. The molecule has 0 aromatic heterocycles. The largest absolute Gasteiger partial charge is 0.328 e. The molecule has 0 amide bonds. The van der Waals surface area contributed by atoms with E-state index in [4.69, 9.17) is 5.73 Å². The minimum atomic E-state index is 0.449. The van der Waals surface area contributed by atoms with Crippen LogP contribution in [0, 0.1) is 5.41 Å². The second kappa shape index (κ2) is 2.75. The molecule has 2 atom stereocenters. The van der Waals surface area contributed by atoms with Gasteiger partial charge < -0.3 is 5.73 Å². The molecule has 0 saturated heterocycles. The smallest absolute Gasteiger partial charge is 0.00443 e. The Bertz CT molecular complexity index is 131. The minimum absolute atomic E-state index is 0.449. The van der Waals surface area contributed by atoms with Gasteiger partial charge in [0.2, 0.25) is 0 Å². The first kappa shape index (κ1) is 7.80. The highest BCUT2D eigenvalue weighted by molar-refractivity contribution is 4.91. The van der Waals surface area contributed by atoms with Gasteiger partial charge in [0, 0.05) is 6.04 Å². The fourth-order valence-corrected chi connectivity index (χ4v) is 1.90. The Kier molecular flexibility index (Phi) is 2.14. The van der Waals surface area contributed by atoms with Crippen molar-refractivity contribution in [3.05, 3.63) is 12.7 Å². The second-order valence-corrected chi connectivity index (χ2v) is 3.81. The molecule has 0 bridgehead atoms. The van der Waals surface area contributed by atoms with Gasteiger partial charge >= 0.3 is 0 Å². The van der Waals surface area contributed by atoms with Gasteiger partial charge in [-0.2, -0.15) is 0 Å². The van der Waals surface area contributed by atoms with Crippen LogP contribution in [-0.4, -0.2) is 6.04 Å². The minimum Gasteiger partial charge on any atom is -0.328 e. The Morgan fingerprint density at radius 3 is 2.90 bits per heavy atom. The van der Waals surface area contributed by atoms with E-state index in [1.54, 1.807) is 0 Å². The molecule has 2 unspecified atom stereocenters. The summed E-state index contributed by atoms with van der Waals surface area (Å²) in [5.41, 5.74) is 6.28. The molecule has 10 heavy (non-hydrogen) atoms. The zero-order valence-corrected chi connectivity index (χ0v) is 6.77. The van der Waals surface area contributed by atoms with Crippen molar-refractivity contribution in [2.75, 3.05) is 0 Å². The average Bonchev–Trinajstić information content (AvgIpc) is 2.12. The molecule has 0 spiro atoms. The Labute approximate surface area is 63.3 Å². The van der Waals surface area contributed by atoms with Crippen LogP contribution >= 0.6 is 0 Å². The highest BCUT2D eigenvalue weighted by atomic mass is 14.7. The van der Waals surface area contributed by atoms with Gasteiger partial charge in [-0.3, -0.25) is 0 Å².